The van der Waals surface area contributed by atoms with Gasteiger partial charge in [0, 0.05) is 12.2 Å². The molecule has 0 radical (unpaired) electrons. The Labute approximate surface area is 143 Å². The van der Waals surface area contributed by atoms with Gasteiger partial charge in [-0.1, -0.05) is 42.5 Å². The number of fused-ring (bicyclic) bond motifs is 1. The van der Waals surface area contributed by atoms with E-state index in [4.69, 9.17) is 9.05 Å². The highest BCUT2D eigenvalue weighted by Crippen LogP contribution is 2.64. The molecular weight excluding hydrogens is 321 g/mol. The lowest BCUT2D eigenvalue weighted by Crippen LogP contribution is -2.36. The van der Waals surface area contributed by atoms with Crippen molar-refractivity contribution in [2.75, 3.05) is 24.7 Å². The molecule has 128 valence electrons. The SMILES string of the molecule is CCOP(=O)(OCC)[C@H]1c2ccccc2CCN1c1ccccc1. The monoisotopic (exact) mass is 345 g/mol. The van der Waals surface area contributed by atoms with Crippen molar-refractivity contribution in [2.45, 2.75) is 26.1 Å². The Bertz CT molecular complexity index is 710. The van der Waals surface area contributed by atoms with E-state index in [1.54, 1.807) is 0 Å². The molecule has 1 aliphatic rings. The average Bonchev–Trinajstić information content (AvgIpc) is 2.62. The fourth-order valence-corrected chi connectivity index (χ4v) is 5.57. The predicted molar refractivity (Wildman–Crippen MR) is 97.5 cm³/mol. The summed E-state index contributed by atoms with van der Waals surface area (Å²) in [6, 6.07) is 18.2. The molecule has 0 spiro atoms. The van der Waals surface area contributed by atoms with Crippen LogP contribution in [0.15, 0.2) is 54.6 Å². The molecule has 0 bridgehead atoms. The summed E-state index contributed by atoms with van der Waals surface area (Å²) in [6.07, 6.45) is 0.916. The van der Waals surface area contributed by atoms with E-state index < -0.39 is 13.4 Å². The molecule has 2 aromatic rings. The molecule has 0 fully saturated rings. The lowest BCUT2D eigenvalue weighted by molar-refractivity contribution is 0.210. The molecule has 3 rings (SSSR count). The van der Waals surface area contributed by atoms with Crippen LogP contribution in [0.4, 0.5) is 5.69 Å². The normalized spacial score (nSPS) is 17.6. The summed E-state index contributed by atoms with van der Waals surface area (Å²) in [5.74, 6) is -0.412. The maximum Gasteiger partial charge on any atom is 0.357 e. The standard InChI is InChI=1S/C19H24NO3P/c1-3-22-24(21,23-4-2)19-18-13-9-8-10-16(18)14-15-20(19)17-11-6-5-7-12-17/h5-13,19H,3-4,14-15H2,1-2H3/t19-/m0/s1. The fourth-order valence-electron chi connectivity index (χ4n) is 3.31. The van der Waals surface area contributed by atoms with Crippen LogP contribution in [-0.2, 0) is 20.0 Å². The lowest BCUT2D eigenvalue weighted by atomic mass is 9.99. The van der Waals surface area contributed by atoms with Crippen molar-refractivity contribution in [3.8, 4) is 0 Å². The number of para-hydroxylation sites is 1. The maximum absolute atomic E-state index is 13.6. The van der Waals surface area contributed by atoms with Gasteiger partial charge in [0.2, 0.25) is 0 Å². The quantitative estimate of drug-likeness (QED) is 0.690. The molecule has 4 nitrogen and oxygen atoms in total. The molecule has 1 atom stereocenters. The summed E-state index contributed by atoms with van der Waals surface area (Å²) in [6.45, 7) is 5.22. The number of nitrogens with zero attached hydrogens (tertiary/aromatic N) is 1. The minimum atomic E-state index is -3.32. The van der Waals surface area contributed by atoms with Gasteiger partial charge in [-0.05, 0) is 43.5 Å². The van der Waals surface area contributed by atoms with Crippen LogP contribution in [0.5, 0.6) is 0 Å². The number of benzene rings is 2. The zero-order valence-electron chi connectivity index (χ0n) is 14.2. The van der Waals surface area contributed by atoms with E-state index in [1.165, 1.54) is 5.56 Å². The van der Waals surface area contributed by atoms with Gasteiger partial charge in [0.25, 0.3) is 0 Å². The van der Waals surface area contributed by atoms with E-state index in [1.807, 2.05) is 62.4 Å². The van der Waals surface area contributed by atoms with Crippen LogP contribution in [0.2, 0.25) is 0 Å². The van der Waals surface area contributed by atoms with Gasteiger partial charge < -0.3 is 13.9 Å². The highest BCUT2D eigenvalue weighted by atomic mass is 31.2. The Morgan fingerprint density at radius 2 is 1.62 bits per heavy atom. The Kier molecular flexibility index (Phi) is 5.40. The van der Waals surface area contributed by atoms with Crippen LogP contribution in [0, 0.1) is 0 Å². The van der Waals surface area contributed by atoms with E-state index >= 15 is 0 Å². The third kappa shape index (κ3) is 3.27. The Morgan fingerprint density at radius 3 is 2.29 bits per heavy atom. The fraction of sp³-hybridized carbons (Fsp3) is 0.368. The van der Waals surface area contributed by atoms with E-state index in [9.17, 15) is 4.57 Å². The number of hydrogen-bond acceptors (Lipinski definition) is 4. The van der Waals surface area contributed by atoms with E-state index in [2.05, 4.69) is 11.0 Å². The second-order valence-corrected chi connectivity index (χ2v) is 7.81. The molecular formula is C19H24NO3P. The topological polar surface area (TPSA) is 38.8 Å². The molecule has 0 amide bonds. The van der Waals surface area contributed by atoms with E-state index in [0.717, 1.165) is 24.2 Å². The van der Waals surface area contributed by atoms with E-state index in [0.29, 0.717) is 13.2 Å². The summed E-state index contributed by atoms with van der Waals surface area (Å²) in [5.41, 5.74) is 3.30. The molecule has 0 N–H and O–H groups in total. The number of rotatable bonds is 6. The first-order valence-electron chi connectivity index (χ1n) is 8.48. The third-order valence-electron chi connectivity index (χ3n) is 4.26. The van der Waals surface area contributed by atoms with Crippen molar-refractivity contribution >= 4 is 13.3 Å². The molecule has 0 saturated carbocycles. The number of anilines is 1. The van der Waals surface area contributed by atoms with Crippen LogP contribution >= 0.6 is 7.60 Å². The van der Waals surface area contributed by atoms with Gasteiger partial charge in [-0.2, -0.15) is 0 Å². The lowest BCUT2D eigenvalue weighted by Gasteiger charge is -2.41. The Balaban J connectivity index is 2.11. The predicted octanol–water partition coefficient (Wildman–Crippen LogP) is 5.01. The summed E-state index contributed by atoms with van der Waals surface area (Å²) in [7, 11) is -3.32. The molecule has 1 heterocycles. The van der Waals surface area contributed by atoms with Crippen molar-refractivity contribution in [3.63, 3.8) is 0 Å². The molecule has 1 aliphatic heterocycles. The van der Waals surface area contributed by atoms with Crippen LogP contribution in [0.3, 0.4) is 0 Å². The zero-order chi connectivity index (χ0) is 17.0. The van der Waals surface area contributed by atoms with Crippen LogP contribution < -0.4 is 4.90 Å². The summed E-state index contributed by atoms with van der Waals surface area (Å²) in [4.78, 5) is 2.16. The van der Waals surface area contributed by atoms with Gasteiger partial charge in [-0.15, -0.1) is 0 Å². The molecule has 0 aromatic heterocycles. The zero-order valence-corrected chi connectivity index (χ0v) is 15.1. The van der Waals surface area contributed by atoms with Crippen molar-refractivity contribution in [3.05, 3.63) is 65.7 Å². The first-order chi connectivity index (χ1) is 11.7. The maximum atomic E-state index is 13.6. The molecule has 0 aliphatic carbocycles. The Hall–Kier alpha value is -1.61. The van der Waals surface area contributed by atoms with Gasteiger partial charge in [0.05, 0.1) is 13.2 Å². The summed E-state index contributed by atoms with van der Waals surface area (Å²) >= 11 is 0. The van der Waals surface area contributed by atoms with Gasteiger partial charge in [-0.3, -0.25) is 4.57 Å². The highest BCUT2D eigenvalue weighted by molar-refractivity contribution is 7.54. The van der Waals surface area contributed by atoms with Crippen LogP contribution in [-0.4, -0.2) is 19.8 Å². The smallest absolute Gasteiger partial charge is 0.353 e. The molecule has 24 heavy (non-hydrogen) atoms. The van der Waals surface area contributed by atoms with Crippen molar-refractivity contribution in [1.29, 1.82) is 0 Å². The first kappa shape index (κ1) is 17.2. The van der Waals surface area contributed by atoms with Crippen molar-refractivity contribution in [2.24, 2.45) is 0 Å². The first-order valence-corrected chi connectivity index (χ1v) is 10.1. The van der Waals surface area contributed by atoms with Crippen molar-refractivity contribution < 1.29 is 13.6 Å². The van der Waals surface area contributed by atoms with Gasteiger partial charge >= 0.3 is 7.60 Å². The summed E-state index contributed by atoms with van der Waals surface area (Å²) in [5, 5.41) is 0. The van der Waals surface area contributed by atoms with Crippen LogP contribution in [0.1, 0.15) is 30.8 Å². The minimum absolute atomic E-state index is 0.360. The summed E-state index contributed by atoms with van der Waals surface area (Å²) < 4.78 is 25.0. The largest absolute Gasteiger partial charge is 0.357 e. The minimum Gasteiger partial charge on any atom is -0.353 e. The molecule has 0 saturated heterocycles. The molecule has 5 heteroatoms. The second-order valence-electron chi connectivity index (χ2n) is 5.73. The van der Waals surface area contributed by atoms with E-state index in [-0.39, 0.29) is 0 Å². The second kappa shape index (κ2) is 7.52. The Morgan fingerprint density at radius 1 is 1.00 bits per heavy atom. The van der Waals surface area contributed by atoms with Gasteiger partial charge in [0.1, 0.15) is 0 Å². The number of hydrogen-bond donors (Lipinski definition) is 0. The molecule has 2 aromatic carbocycles. The molecule has 0 unspecified atom stereocenters. The average molecular weight is 345 g/mol. The van der Waals surface area contributed by atoms with Crippen LogP contribution in [0.25, 0.3) is 0 Å². The van der Waals surface area contributed by atoms with Gasteiger partial charge in [0.15, 0.2) is 5.78 Å². The highest BCUT2D eigenvalue weighted by Gasteiger charge is 2.44. The van der Waals surface area contributed by atoms with Crippen molar-refractivity contribution in [1.82, 2.24) is 0 Å². The van der Waals surface area contributed by atoms with Gasteiger partial charge in [-0.25, -0.2) is 0 Å². The third-order valence-corrected chi connectivity index (χ3v) is 6.65.